The summed E-state index contributed by atoms with van der Waals surface area (Å²) >= 11 is 6.21. The molecule has 0 radical (unpaired) electrons. The van der Waals surface area contributed by atoms with Gasteiger partial charge >= 0.3 is 0 Å². The van der Waals surface area contributed by atoms with Crippen LogP contribution >= 0.6 is 11.6 Å². The number of aromatic nitrogens is 2. The van der Waals surface area contributed by atoms with Crippen LogP contribution in [0.25, 0.3) is 0 Å². The fourth-order valence-corrected chi connectivity index (χ4v) is 2.64. The molecule has 1 fully saturated rings. The Bertz CT molecular complexity index is 714. The maximum Gasteiger partial charge on any atom is 0.259 e. The second-order valence-corrected chi connectivity index (χ2v) is 5.33. The summed E-state index contributed by atoms with van der Waals surface area (Å²) < 4.78 is 0. The zero-order valence-electron chi connectivity index (χ0n) is 10.5. The van der Waals surface area contributed by atoms with Crippen LogP contribution in [-0.4, -0.2) is 21.9 Å². The Hall–Kier alpha value is -2.14. The Balaban J connectivity index is 2.00. The smallest absolute Gasteiger partial charge is 0.259 e. The van der Waals surface area contributed by atoms with Crippen LogP contribution in [0.15, 0.2) is 30.6 Å². The van der Waals surface area contributed by atoms with Crippen LogP contribution in [0, 0.1) is 0 Å². The maximum atomic E-state index is 12.3. The van der Waals surface area contributed by atoms with Crippen molar-refractivity contribution in [1.82, 2.24) is 9.97 Å². The molecule has 0 spiro atoms. The predicted octanol–water partition coefficient (Wildman–Crippen LogP) is 3.00. The molecule has 6 heteroatoms. The van der Waals surface area contributed by atoms with E-state index in [2.05, 4.69) is 15.3 Å². The Morgan fingerprint density at radius 2 is 2.00 bits per heavy atom. The molecule has 5 nitrogen and oxygen atoms in total. The van der Waals surface area contributed by atoms with Crippen molar-refractivity contribution in [3.8, 4) is 0 Å². The van der Waals surface area contributed by atoms with Crippen LogP contribution in [-0.2, 0) is 0 Å². The summed E-state index contributed by atoms with van der Waals surface area (Å²) in [7, 11) is 0. The number of fused-ring (bicyclic) bond motifs is 2. The maximum absolute atomic E-state index is 12.3. The molecule has 1 saturated carbocycles. The first kappa shape index (κ1) is 11.7. The Kier molecular flexibility index (Phi) is 2.44. The SMILES string of the molecule is O=C1Nc2c(Cl)ccnc2N(C2CC2)c2ncccc21. The molecule has 1 aliphatic heterocycles. The number of amides is 1. The molecule has 3 heterocycles. The molecule has 100 valence electrons. The predicted molar refractivity (Wildman–Crippen MR) is 76.6 cm³/mol. The van der Waals surface area contributed by atoms with E-state index >= 15 is 0 Å². The lowest BCUT2D eigenvalue weighted by Gasteiger charge is -2.23. The lowest BCUT2D eigenvalue weighted by atomic mass is 10.2. The van der Waals surface area contributed by atoms with Crippen molar-refractivity contribution in [3.63, 3.8) is 0 Å². The molecule has 1 amide bonds. The first-order chi connectivity index (χ1) is 9.75. The summed E-state index contributed by atoms with van der Waals surface area (Å²) in [6.45, 7) is 0. The molecule has 4 rings (SSSR count). The van der Waals surface area contributed by atoms with Gasteiger partial charge in [-0.15, -0.1) is 0 Å². The molecule has 0 unspecified atom stereocenters. The van der Waals surface area contributed by atoms with Crippen LogP contribution in [0.3, 0.4) is 0 Å². The topological polar surface area (TPSA) is 58.1 Å². The average Bonchev–Trinajstić information content (AvgIpc) is 3.27. The lowest BCUT2D eigenvalue weighted by Crippen LogP contribution is -2.22. The molecular weight excluding hydrogens is 276 g/mol. The highest BCUT2D eigenvalue weighted by molar-refractivity contribution is 6.35. The van der Waals surface area contributed by atoms with Gasteiger partial charge < -0.3 is 10.2 Å². The molecule has 2 aromatic heterocycles. The molecule has 0 aromatic carbocycles. The van der Waals surface area contributed by atoms with Crippen LogP contribution in [0.4, 0.5) is 17.3 Å². The van der Waals surface area contributed by atoms with Gasteiger partial charge in [0.2, 0.25) is 0 Å². The van der Waals surface area contributed by atoms with Crippen molar-refractivity contribution in [1.29, 1.82) is 0 Å². The third-order valence-electron chi connectivity index (χ3n) is 3.52. The molecule has 2 aliphatic rings. The van der Waals surface area contributed by atoms with Crippen LogP contribution in [0.1, 0.15) is 23.2 Å². The second kappa shape index (κ2) is 4.18. The van der Waals surface area contributed by atoms with Gasteiger partial charge in [-0.05, 0) is 31.0 Å². The third kappa shape index (κ3) is 1.67. The average molecular weight is 287 g/mol. The van der Waals surface area contributed by atoms with Crippen molar-refractivity contribution < 1.29 is 4.79 Å². The van der Waals surface area contributed by atoms with Crippen LogP contribution in [0.2, 0.25) is 5.02 Å². The van der Waals surface area contributed by atoms with E-state index in [4.69, 9.17) is 11.6 Å². The summed E-state index contributed by atoms with van der Waals surface area (Å²) in [5.74, 6) is 1.12. The van der Waals surface area contributed by atoms with Crippen LogP contribution in [0.5, 0.6) is 0 Å². The van der Waals surface area contributed by atoms with E-state index in [1.165, 1.54) is 0 Å². The zero-order chi connectivity index (χ0) is 13.7. The van der Waals surface area contributed by atoms with E-state index < -0.39 is 0 Å². The molecule has 20 heavy (non-hydrogen) atoms. The largest absolute Gasteiger partial charge is 0.317 e. The minimum atomic E-state index is -0.201. The second-order valence-electron chi connectivity index (χ2n) is 4.92. The standard InChI is InChI=1S/C14H11ClN4O/c15-10-5-7-17-13-11(10)18-14(20)9-2-1-6-16-12(9)19(13)8-3-4-8/h1-2,5-8H,3-4H2,(H,18,20). The number of carbonyl (C=O) groups is 1. The summed E-state index contributed by atoms with van der Waals surface area (Å²) in [6, 6.07) is 5.54. The van der Waals surface area contributed by atoms with E-state index in [0.29, 0.717) is 34.0 Å². The highest BCUT2D eigenvalue weighted by Gasteiger charge is 2.38. The van der Waals surface area contributed by atoms with Gasteiger partial charge in [0.25, 0.3) is 5.91 Å². The quantitative estimate of drug-likeness (QED) is 0.875. The van der Waals surface area contributed by atoms with Crippen molar-refractivity contribution in [2.75, 3.05) is 10.2 Å². The number of nitrogens with zero attached hydrogens (tertiary/aromatic N) is 3. The number of carbonyl (C=O) groups excluding carboxylic acids is 1. The monoisotopic (exact) mass is 286 g/mol. The van der Waals surface area contributed by atoms with Gasteiger partial charge in [0.15, 0.2) is 5.82 Å². The van der Waals surface area contributed by atoms with E-state index in [0.717, 1.165) is 12.8 Å². The summed E-state index contributed by atoms with van der Waals surface area (Å²) in [5.41, 5.74) is 1.11. The number of nitrogens with one attached hydrogen (secondary N) is 1. The van der Waals surface area contributed by atoms with Crippen molar-refractivity contribution in [2.45, 2.75) is 18.9 Å². The Morgan fingerprint density at radius 1 is 1.20 bits per heavy atom. The Labute approximate surface area is 120 Å². The zero-order valence-corrected chi connectivity index (χ0v) is 11.3. The van der Waals surface area contributed by atoms with Crippen molar-refractivity contribution in [2.24, 2.45) is 0 Å². The molecule has 1 aliphatic carbocycles. The molecule has 0 bridgehead atoms. The first-order valence-electron chi connectivity index (χ1n) is 6.46. The fourth-order valence-electron chi connectivity index (χ4n) is 2.45. The van der Waals surface area contributed by atoms with Crippen LogP contribution < -0.4 is 10.2 Å². The number of pyridine rings is 2. The number of anilines is 3. The van der Waals surface area contributed by atoms with E-state index in [9.17, 15) is 4.79 Å². The first-order valence-corrected chi connectivity index (χ1v) is 6.83. The number of rotatable bonds is 1. The normalized spacial score (nSPS) is 17.1. The van der Waals surface area contributed by atoms with Gasteiger partial charge in [-0.1, -0.05) is 11.6 Å². The van der Waals surface area contributed by atoms with Gasteiger partial charge in [0, 0.05) is 18.4 Å². The van der Waals surface area contributed by atoms with Gasteiger partial charge in [0.05, 0.1) is 10.6 Å². The summed E-state index contributed by atoms with van der Waals surface area (Å²) in [4.78, 5) is 23.2. The minimum absolute atomic E-state index is 0.201. The van der Waals surface area contributed by atoms with Crippen molar-refractivity contribution >= 4 is 34.8 Å². The minimum Gasteiger partial charge on any atom is -0.317 e. The fraction of sp³-hybridized carbons (Fsp3) is 0.214. The van der Waals surface area contributed by atoms with E-state index in [1.807, 2.05) is 4.90 Å². The summed E-state index contributed by atoms with van der Waals surface area (Å²) in [6.07, 6.45) is 5.48. The van der Waals surface area contributed by atoms with E-state index in [1.54, 1.807) is 30.6 Å². The molecule has 1 N–H and O–H groups in total. The number of hydrogen-bond donors (Lipinski definition) is 1. The lowest BCUT2D eigenvalue weighted by molar-refractivity contribution is 0.102. The van der Waals surface area contributed by atoms with E-state index in [-0.39, 0.29) is 5.91 Å². The van der Waals surface area contributed by atoms with Gasteiger partial charge in [0.1, 0.15) is 11.5 Å². The highest BCUT2D eigenvalue weighted by atomic mass is 35.5. The molecule has 2 aromatic rings. The van der Waals surface area contributed by atoms with Gasteiger partial charge in [-0.25, -0.2) is 9.97 Å². The summed E-state index contributed by atoms with van der Waals surface area (Å²) in [5, 5.41) is 3.33. The molecule has 0 saturated heterocycles. The third-order valence-corrected chi connectivity index (χ3v) is 3.83. The molecule has 0 atom stereocenters. The number of hydrogen-bond acceptors (Lipinski definition) is 4. The molecular formula is C14H11ClN4O. The number of halogens is 1. The van der Waals surface area contributed by atoms with Gasteiger partial charge in [-0.3, -0.25) is 4.79 Å². The van der Waals surface area contributed by atoms with Gasteiger partial charge in [-0.2, -0.15) is 0 Å². The highest BCUT2D eigenvalue weighted by Crippen LogP contribution is 2.44. The van der Waals surface area contributed by atoms with Crippen molar-refractivity contribution in [3.05, 3.63) is 41.2 Å². The Morgan fingerprint density at radius 3 is 2.80 bits per heavy atom.